The maximum Gasteiger partial charge on any atom is 0.416 e. The number of amides is 1. The average molecular weight is 582 g/mol. The number of sulfonamides is 1. The van der Waals surface area contributed by atoms with E-state index >= 15 is 0 Å². The fourth-order valence-corrected chi connectivity index (χ4v) is 5.15. The van der Waals surface area contributed by atoms with Crippen molar-refractivity contribution in [1.82, 2.24) is 5.43 Å². The fraction of sp³-hybridized carbons (Fsp3) is 0.133. The van der Waals surface area contributed by atoms with Gasteiger partial charge in [0.15, 0.2) is 0 Å². The third-order valence-electron chi connectivity index (χ3n) is 5.89. The van der Waals surface area contributed by atoms with Gasteiger partial charge in [-0.2, -0.15) is 18.3 Å². The number of anilines is 1. The van der Waals surface area contributed by atoms with E-state index in [2.05, 4.69) is 10.5 Å². The van der Waals surface area contributed by atoms with Gasteiger partial charge in [0.05, 0.1) is 22.4 Å². The van der Waals surface area contributed by atoms with Crippen molar-refractivity contribution in [2.45, 2.75) is 24.6 Å². The fourth-order valence-electron chi connectivity index (χ4n) is 3.72. The maximum atomic E-state index is 13.3. The molecule has 4 aromatic carbocycles. The molecule has 0 aromatic heterocycles. The predicted octanol–water partition coefficient (Wildman–Crippen LogP) is 5.94. The zero-order chi connectivity index (χ0) is 29.5. The summed E-state index contributed by atoms with van der Waals surface area (Å²) in [6.07, 6.45) is -3.35. The standard InChI is InChI=1S/C30H26F3N3O4S/c1-22-10-12-24(13-11-22)21-40-27-16-14-23(15-17-27)19-34-35-29(37)20-36(41(38,39)28-8-3-2-4-9-28)26-7-5-6-25(18-26)30(31,32)33/h2-19H,20-21H2,1H3,(H,35,37)/b34-19-. The molecule has 0 radical (unpaired) electrons. The topological polar surface area (TPSA) is 88.1 Å². The van der Waals surface area contributed by atoms with Gasteiger partial charge in [0, 0.05) is 0 Å². The zero-order valence-corrected chi connectivity index (χ0v) is 22.7. The predicted molar refractivity (Wildman–Crippen MR) is 150 cm³/mol. The van der Waals surface area contributed by atoms with E-state index in [4.69, 9.17) is 4.74 Å². The highest BCUT2D eigenvalue weighted by Gasteiger charge is 2.33. The van der Waals surface area contributed by atoms with Crippen molar-refractivity contribution in [3.63, 3.8) is 0 Å². The highest BCUT2D eigenvalue weighted by molar-refractivity contribution is 7.92. The Balaban J connectivity index is 1.44. The second-order valence-electron chi connectivity index (χ2n) is 9.01. The lowest BCUT2D eigenvalue weighted by Gasteiger charge is -2.24. The van der Waals surface area contributed by atoms with Crippen LogP contribution in [0.4, 0.5) is 18.9 Å². The van der Waals surface area contributed by atoms with Crippen molar-refractivity contribution in [3.8, 4) is 5.75 Å². The summed E-state index contributed by atoms with van der Waals surface area (Å²) < 4.78 is 73.0. The second-order valence-corrected chi connectivity index (χ2v) is 10.9. The molecule has 0 fully saturated rings. The van der Waals surface area contributed by atoms with E-state index in [1.54, 1.807) is 30.3 Å². The Morgan fingerprint density at radius 3 is 2.27 bits per heavy atom. The first-order valence-corrected chi connectivity index (χ1v) is 13.8. The van der Waals surface area contributed by atoms with Gasteiger partial charge in [0.2, 0.25) is 0 Å². The number of alkyl halides is 3. The van der Waals surface area contributed by atoms with Crippen LogP contribution < -0.4 is 14.5 Å². The van der Waals surface area contributed by atoms with Gasteiger partial charge in [-0.15, -0.1) is 0 Å². The number of nitrogens with one attached hydrogen (secondary N) is 1. The van der Waals surface area contributed by atoms with E-state index in [0.717, 1.165) is 23.3 Å². The molecule has 7 nitrogen and oxygen atoms in total. The van der Waals surface area contributed by atoms with Crippen LogP contribution >= 0.6 is 0 Å². The Labute approximate surface area is 235 Å². The molecular formula is C30H26F3N3O4S. The van der Waals surface area contributed by atoms with E-state index < -0.39 is 34.2 Å². The summed E-state index contributed by atoms with van der Waals surface area (Å²) in [7, 11) is -4.38. The lowest BCUT2D eigenvalue weighted by molar-refractivity contribution is -0.137. The summed E-state index contributed by atoms with van der Waals surface area (Å²) in [5.41, 5.74) is 3.68. The molecule has 1 N–H and O–H groups in total. The minimum Gasteiger partial charge on any atom is -0.489 e. The summed E-state index contributed by atoms with van der Waals surface area (Å²) in [6, 6.07) is 25.8. The van der Waals surface area contributed by atoms with Crippen molar-refractivity contribution in [2.24, 2.45) is 5.10 Å². The van der Waals surface area contributed by atoms with Crippen LogP contribution in [0.2, 0.25) is 0 Å². The Hall–Kier alpha value is -4.64. The summed E-state index contributed by atoms with van der Waals surface area (Å²) in [6.45, 7) is 1.60. The molecule has 1 amide bonds. The van der Waals surface area contributed by atoms with Crippen LogP contribution in [0.1, 0.15) is 22.3 Å². The van der Waals surface area contributed by atoms with Gasteiger partial charge in [-0.25, -0.2) is 13.8 Å². The largest absolute Gasteiger partial charge is 0.489 e. The highest BCUT2D eigenvalue weighted by Crippen LogP contribution is 2.33. The number of aryl methyl sites for hydroxylation is 1. The first-order chi connectivity index (χ1) is 19.5. The van der Waals surface area contributed by atoms with Gasteiger partial charge in [0.1, 0.15) is 18.9 Å². The summed E-state index contributed by atoms with van der Waals surface area (Å²) in [5.74, 6) is -0.217. The van der Waals surface area contributed by atoms with Crippen molar-refractivity contribution in [3.05, 3.63) is 125 Å². The minimum absolute atomic E-state index is 0.182. The summed E-state index contributed by atoms with van der Waals surface area (Å²) in [4.78, 5) is 12.5. The highest BCUT2D eigenvalue weighted by atomic mass is 32.2. The lowest BCUT2D eigenvalue weighted by atomic mass is 10.2. The van der Waals surface area contributed by atoms with E-state index in [9.17, 15) is 26.4 Å². The minimum atomic E-state index is -4.70. The van der Waals surface area contributed by atoms with Gasteiger partial charge >= 0.3 is 6.18 Å². The normalized spacial score (nSPS) is 11.8. The third-order valence-corrected chi connectivity index (χ3v) is 7.68. The number of rotatable bonds is 10. The molecule has 0 saturated carbocycles. The van der Waals surface area contributed by atoms with Gasteiger partial charge < -0.3 is 4.74 Å². The number of hydrogen-bond donors (Lipinski definition) is 1. The average Bonchev–Trinajstić information content (AvgIpc) is 2.96. The molecule has 0 heterocycles. The molecule has 0 saturated heterocycles. The van der Waals surface area contributed by atoms with Crippen LogP contribution in [0, 0.1) is 6.92 Å². The molecule has 0 spiro atoms. The van der Waals surface area contributed by atoms with E-state index in [1.165, 1.54) is 36.5 Å². The van der Waals surface area contributed by atoms with Crippen LogP contribution in [-0.2, 0) is 27.6 Å². The molecule has 0 aliphatic rings. The molecule has 212 valence electrons. The molecule has 11 heteroatoms. The van der Waals surface area contributed by atoms with Crippen molar-refractivity contribution >= 4 is 27.8 Å². The lowest BCUT2D eigenvalue weighted by Crippen LogP contribution is -2.39. The molecule has 41 heavy (non-hydrogen) atoms. The van der Waals surface area contributed by atoms with Crippen LogP contribution in [0.25, 0.3) is 0 Å². The van der Waals surface area contributed by atoms with E-state index in [1.807, 2.05) is 31.2 Å². The SMILES string of the molecule is Cc1ccc(COc2ccc(/C=N\NC(=O)CN(c3cccc(C(F)(F)F)c3)S(=O)(=O)c3ccccc3)cc2)cc1. The molecule has 0 aliphatic carbocycles. The van der Waals surface area contributed by atoms with Crippen molar-refractivity contribution < 1.29 is 31.1 Å². The molecular weight excluding hydrogens is 555 g/mol. The number of benzene rings is 4. The Kier molecular flexibility index (Phi) is 9.08. The van der Waals surface area contributed by atoms with E-state index in [0.29, 0.717) is 28.3 Å². The first-order valence-electron chi connectivity index (χ1n) is 12.4. The second kappa shape index (κ2) is 12.7. The van der Waals surface area contributed by atoms with Crippen LogP contribution in [0.5, 0.6) is 5.75 Å². The van der Waals surface area contributed by atoms with Crippen molar-refractivity contribution in [1.29, 1.82) is 0 Å². The first kappa shape index (κ1) is 29.3. The van der Waals surface area contributed by atoms with Gasteiger partial charge in [-0.05, 0) is 72.6 Å². The third kappa shape index (κ3) is 7.95. The molecule has 4 rings (SSSR count). The number of nitrogens with zero attached hydrogens (tertiary/aromatic N) is 2. The maximum absolute atomic E-state index is 13.3. The van der Waals surface area contributed by atoms with Crippen molar-refractivity contribution in [2.75, 3.05) is 10.8 Å². The summed E-state index contributed by atoms with van der Waals surface area (Å²) in [5, 5.41) is 3.86. The Bertz CT molecular complexity index is 1610. The smallest absolute Gasteiger partial charge is 0.416 e. The number of halogens is 3. The zero-order valence-electron chi connectivity index (χ0n) is 21.9. The number of hydrazone groups is 1. The van der Waals surface area contributed by atoms with Crippen LogP contribution in [0.15, 0.2) is 113 Å². The number of carbonyl (C=O) groups excluding carboxylic acids is 1. The molecule has 0 bridgehead atoms. The monoisotopic (exact) mass is 581 g/mol. The quantitative estimate of drug-likeness (QED) is 0.186. The number of carbonyl (C=O) groups is 1. The Morgan fingerprint density at radius 2 is 1.61 bits per heavy atom. The molecule has 0 atom stereocenters. The van der Waals surface area contributed by atoms with E-state index in [-0.39, 0.29) is 10.6 Å². The van der Waals surface area contributed by atoms with Gasteiger partial charge in [-0.3, -0.25) is 9.10 Å². The molecule has 4 aromatic rings. The summed E-state index contributed by atoms with van der Waals surface area (Å²) >= 11 is 0. The van der Waals surface area contributed by atoms with Crippen LogP contribution in [0.3, 0.4) is 0 Å². The number of ether oxygens (including phenoxy) is 1. The van der Waals surface area contributed by atoms with Gasteiger partial charge in [-0.1, -0.05) is 54.1 Å². The van der Waals surface area contributed by atoms with Crippen LogP contribution in [-0.4, -0.2) is 27.1 Å². The molecule has 0 unspecified atom stereocenters. The number of hydrogen-bond acceptors (Lipinski definition) is 5. The molecule has 0 aliphatic heterocycles. The Morgan fingerprint density at radius 1 is 0.927 bits per heavy atom. The van der Waals surface area contributed by atoms with Gasteiger partial charge in [0.25, 0.3) is 15.9 Å².